The van der Waals surface area contributed by atoms with E-state index in [0.717, 1.165) is 17.3 Å². The summed E-state index contributed by atoms with van der Waals surface area (Å²) in [5.74, 6) is 3.34. The molecule has 15 heavy (non-hydrogen) atoms. The Morgan fingerprint density at radius 1 is 1.60 bits per heavy atom. The molecule has 6 heteroatoms. The highest BCUT2D eigenvalue weighted by atomic mass is 32.2. The fourth-order valence-corrected chi connectivity index (χ4v) is 4.69. The third kappa shape index (κ3) is 2.68. The Kier molecular flexibility index (Phi) is 3.93. The summed E-state index contributed by atoms with van der Waals surface area (Å²) in [7, 11) is 1.57. The Balaban J connectivity index is 2.05. The Bertz CT molecular complexity index is 347. The molecule has 1 aromatic rings. The van der Waals surface area contributed by atoms with Crippen LogP contribution in [0.15, 0.2) is 6.20 Å². The first-order chi connectivity index (χ1) is 7.31. The van der Waals surface area contributed by atoms with E-state index in [4.69, 9.17) is 4.74 Å². The van der Waals surface area contributed by atoms with Crippen LogP contribution < -0.4 is 4.74 Å². The number of carbonyl (C=O) groups is 1. The zero-order valence-corrected chi connectivity index (χ0v) is 10.7. The number of Topliss-reactive ketones (excluding diaryl/α,β-unsaturated/α-hetero) is 1. The van der Waals surface area contributed by atoms with Gasteiger partial charge in [0.15, 0.2) is 5.78 Å². The van der Waals surface area contributed by atoms with Gasteiger partial charge in [-0.2, -0.15) is 11.8 Å². The van der Waals surface area contributed by atoms with Crippen LogP contribution in [0.4, 0.5) is 0 Å². The normalized spacial score (nSPS) is 21.3. The minimum Gasteiger partial charge on any atom is -0.473 e. The molecule has 1 atom stereocenters. The highest BCUT2D eigenvalue weighted by Gasteiger charge is 2.25. The zero-order valence-electron chi connectivity index (χ0n) is 8.26. The molecule has 3 nitrogen and oxygen atoms in total. The number of methoxy groups -OCH3 is 1. The van der Waals surface area contributed by atoms with Gasteiger partial charge in [-0.05, 0) is 0 Å². The van der Waals surface area contributed by atoms with Crippen molar-refractivity contribution in [3.63, 3.8) is 0 Å². The molecule has 0 amide bonds. The maximum Gasteiger partial charge on any atom is 0.273 e. The van der Waals surface area contributed by atoms with Crippen molar-refractivity contribution >= 4 is 40.6 Å². The number of hydrogen-bond donors (Lipinski definition) is 0. The van der Waals surface area contributed by atoms with Crippen LogP contribution in [0.25, 0.3) is 0 Å². The van der Waals surface area contributed by atoms with Crippen molar-refractivity contribution in [2.45, 2.75) is 5.25 Å². The number of thioether (sulfide) groups is 2. The first-order valence-corrected chi connectivity index (χ1v) is 7.56. The predicted molar refractivity (Wildman–Crippen MR) is 66.6 cm³/mol. The van der Waals surface area contributed by atoms with Crippen LogP contribution in [0.5, 0.6) is 5.19 Å². The second-order valence-electron chi connectivity index (χ2n) is 2.99. The van der Waals surface area contributed by atoms with Gasteiger partial charge in [-0.1, -0.05) is 11.3 Å². The highest BCUT2D eigenvalue weighted by Crippen LogP contribution is 2.29. The van der Waals surface area contributed by atoms with Gasteiger partial charge in [0, 0.05) is 17.3 Å². The molecule has 0 aliphatic carbocycles. The van der Waals surface area contributed by atoms with E-state index in [2.05, 4.69) is 4.98 Å². The molecule has 1 aliphatic rings. The second-order valence-corrected chi connectivity index (χ2v) is 6.45. The van der Waals surface area contributed by atoms with Crippen molar-refractivity contribution in [2.24, 2.45) is 0 Å². The summed E-state index contributed by atoms with van der Waals surface area (Å²) in [5, 5.41) is 0.667. The SMILES string of the molecule is COc1ncc(C(=O)C2CSCCS2)s1. The first kappa shape index (κ1) is 11.3. The third-order valence-electron chi connectivity index (χ3n) is 2.01. The first-order valence-electron chi connectivity index (χ1n) is 4.54. The largest absolute Gasteiger partial charge is 0.473 e. The maximum atomic E-state index is 12.0. The molecule has 82 valence electrons. The van der Waals surface area contributed by atoms with Gasteiger partial charge in [0.25, 0.3) is 5.19 Å². The molecule has 1 aromatic heterocycles. The molecule has 1 unspecified atom stereocenters. The molecule has 0 saturated carbocycles. The number of ketones is 1. The van der Waals surface area contributed by atoms with Crippen LogP contribution in [0.3, 0.4) is 0 Å². The lowest BCUT2D eigenvalue weighted by molar-refractivity contribution is 0.0998. The summed E-state index contributed by atoms with van der Waals surface area (Å²) in [6, 6.07) is 0. The van der Waals surface area contributed by atoms with E-state index >= 15 is 0 Å². The molecule has 1 saturated heterocycles. The number of aromatic nitrogens is 1. The summed E-state index contributed by atoms with van der Waals surface area (Å²) in [6.45, 7) is 0. The molecule has 1 aliphatic heterocycles. The van der Waals surface area contributed by atoms with E-state index in [0.29, 0.717) is 10.1 Å². The minimum atomic E-state index is 0.105. The number of carbonyl (C=O) groups excluding carboxylic acids is 1. The molecular weight excluding hydrogens is 250 g/mol. The van der Waals surface area contributed by atoms with Gasteiger partial charge in [-0.25, -0.2) is 4.98 Å². The number of rotatable bonds is 3. The average molecular weight is 261 g/mol. The Morgan fingerprint density at radius 3 is 3.07 bits per heavy atom. The van der Waals surface area contributed by atoms with E-state index in [1.54, 1.807) is 25.1 Å². The van der Waals surface area contributed by atoms with Crippen molar-refractivity contribution in [3.8, 4) is 5.19 Å². The van der Waals surface area contributed by atoms with E-state index < -0.39 is 0 Å². The lowest BCUT2D eigenvalue weighted by Crippen LogP contribution is -2.23. The Hall–Kier alpha value is -0.200. The summed E-state index contributed by atoms with van der Waals surface area (Å²) < 4.78 is 4.98. The Morgan fingerprint density at radius 2 is 2.47 bits per heavy atom. The van der Waals surface area contributed by atoms with Gasteiger partial charge in [0.1, 0.15) is 0 Å². The molecule has 2 rings (SSSR count). The van der Waals surface area contributed by atoms with Crippen LogP contribution in [0, 0.1) is 0 Å². The molecule has 0 aromatic carbocycles. The van der Waals surface area contributed by atoms with E-state index in [1.807, 2.05) is 11.8 Å². The van der Waals surface area contributed by atoms with E-state index in [1.165, 1.54) is 11.3 Å². The average Bonchev–Trinajstić information content (AvgIpc) is 2.78. The lowest BCUT2D eigenvalue weighted by atomic mass is 10.3. The second kappa shape index (κ2) is 5.23. The van der Waals surface area contributed by atoms with Gasteiger partial charge < -0.3 is 4.74 Å². The summed E-state index contributed by atoms with van der Waals surface area (Å²) in [4.78, 5) is 16.7. The fourth-order valence-electron chi connectivity index (χ4n) is 1.26. The van der Waals surface area contributed by atoms with Crippen LogP contribution in [0.1, 0.15) is 9.67 Å². The molecule has 1 fully saturated rings. The van der Waals surface area contributed by atoms with Crippen LogP contribution >= 0.6 is 34.9 Å². The summed E-state index contributed by atoms with van der Waals surface area (Å²) in [6.07, 6.45) is 1.62. The Labute approximate surface area is 101 Å². The number of hydrogen-bond acceptors (Lipinski definition) is 6. The van der Waals surface area contributed by atoms with Crippen molar-refractivity contribution in [1.29, 1.82) is 0 Å². The summed E-state index contributed by atoms with van der Waals surface area (Å²) >= 11 is 4.93. The standard InChI is InChI=1S/C9H11NO2S3/c1-12-9-10-4-6(15-9)8(11)7-5-13-2-3-14-7/h4,7H,2-3,5H2,1H3. The van der Waals surface area contributed by atoms with Gasteiger partial charge in [0.05, 0.1) is 23.4 Å². The third-order valence-corrected chi connectivity index (χ3v) is 5.74. The zero-order chi connectivity index (χ0) is 10.7. The quantitative estimate of drug-likeness (QED) is 0.780. The fraction of sp³-hybridized carbons (Fsp3) is 0.556. The van der Waals surface area contributed by atoms with Crippen LogP contribution in [0.2, 0.25) is 0 Å². The van der Waals surface area contributed by atoms with Crippen molar-refractivity contribution in [2.75, 3.05) is 24.4 Å². The predicted octanol–water partition coefficient (Wildman–Crippen LogP) is 2.18. The number of thiazole rings is 1. The van der Waals surface area contributed by atoms with Gasteiger partial charge in [-0.15, -0.1) is 11.8 Å². The van der Waals surface area contributed by atoms with Gasteiger partial charge in [0.2, 0.25) is 0 Å². The molecule has 2 heterocycles. The lowest BCUT2D eigenvalue weighted by Gasteiger charge is -2.18. The monoisotopic (exact) mass is 261 g/mol. The van der Waals surface area contributed by atoms with Crippen molar-refractivity contribution in [3.05, 3.63) is 11.1 Å². The van der Waals surface area contributed by atoms with Crippen molar-refractivity contribution in [1.82, 2.24) is 4.98 Å². The van der Waals surface area contributed by atoms with E-state index in [-0.39, 0.29) is 11.0 Å². The molecular formula is C9H11NO2S3. The molecule has 0 N–H and O–H groups in total. The minimum absolute atomic E-state index is 0.105. The maximum absolute atomic E-state index is 12.0. The molecule has 0 bridgehead atoms. The van der Waals surface area contributed by atoms with Crippen LogP contribution in [-0.4, -0.2) is 40.4 Å². The summed E-state index contributed by atoms with van der Waals surface area (Å²) in [5.41, 5.74) is 0. The number of ether oxygens (including phenoxy) is 1. The molecule has 0 spiro atoms. The number of nitrogens with zero attached hydrogens (tertiary/aromatic N) is 1. The van der Waals surface area contributed by atoms with Gasteiger partial charge >= 0.3 is 0 Å². The van der Waals surface area contributed by atoms with Crippen LogP contribution in [-0.2, 0) is 0 Å². The molecule has 0 radical (unpaired) electrons. The highest BCUT2D eigenvalue weighted by molar-refractivity contribution is 8.07. The van der Waals surface area contributed by atoms with Crippen molar-refractivity contribution < 1.29 is 9.53 Å². The smallest absolute Gasteiger partial charge is 0.273 e. The van der Waals surface area contributed by atoms with Gasteiger partial charge in [-0.3, -0.25) is 4.79 Å². The topological polar surface area (TPSA) is 39.2 Å². The van der Waals surface area contributed by atoms with E-state index in [9.17, 15) is 4.79 Å².